The Morgan fingerprint density at radius 3 is 1.46 bits per heavy atom. The topological polar surface area (TPSA) is 60.5 Å². The SMILES string of the molecule is CN1CCN(C(=c2ccc(=C(C#N)C#N)cc2)N2CCN(C)CC2)CC1. The van der Waals surface area contributed by atoms with E-state index in [1.54, 1.807) is 0 Å². The number of likely N-dealkylation sites (N-methyl/N-ethyl adjacent to an activating group) is 2. The Kier molecular flexibility index (Phi) is 5.78. The van der Waals surface area contributed by atoms with E-state index >= 15 is 0 Å². The van der Waals surface area contributed by atoms with E-state index in [4.69, 9.17) is 10.5 Å². The molecule has 2 saturated heterocycles. The van der Waals surface area contributed by atoms with E-state index in [2.05, 4.69) is 45.8 Å². The molecule has 0 spiro atoms. The molecule has 0 amide bonds. The van der Waals surface area contributed by atoms with Gasteiger partial charge in [-0.25, -0.2) is 0 Å². The zero-order valence-electron chi connectivity index (χ0n) is 15.6. The summed E-state index contributed by atoms with van der Waals surface area (Å²) >= 11 is 0. The molecule has 6 heteroatoms. The lowest BCUT2D eigenvalue weighted by Crippen LogP contribution is -2.52. The predicted molar refractivity (Wildman–Crippen MR) is 102 cm³/mol. The van der Waals surface area contributed by atoms with Crippen molar-refractivity contribution in [2.24, 2.45) is 0 Å². The molecular weight excluding hydrogens is 324 g/mol. The molecule has 0 atom stereocenters. The van der Waals surface area contributed by atoms with Crippen molar-refractivity contribution in [3.8, 4) is 12.1 Å². The molecule has 0 saturated carbocycles. The van der Waals surface area contributed by atoms with Crippen LogP contribution in [0.3, 0.4) is 0 Å². The molecule has 0 N–H and O–H groups in total. The first-order chi connectivity index (χ1) is 12.6. The van der Waals surface area contributed by atoms with Gasteiger partial charge < -0.3 is 19.6 Å². The van der Waals surface area contributed by atoms with Gasteiger partial charge in [-0.05, 0) is 14.1 Å². The third kappa shape index (κ3) is 3.99. The molecule has 6 nitrogen and oxygen atoms in total. The summed E-state index contributed by atoms with van der Waals surface area (Å²) in [5.74, 6) is 1.29. The minimum Gasteiger partial charge on any atom is -0.355 e. The fourth-order valence-electron chi connectivity index (χ4n) is 3.54. The summed E-state index contributed by atoms with van der Waals surface area (Å²) in [7, 11) is 4.34. The van der Waals surface area contributed by atoms with Crippen LogP contribution in [0.4, 0.5) is 0 Å². The number of nitriles is 2. The molecule has 0 aromatic heterocycles. The van der Waals surface area contributed by atoms with E-state index in [0.717, 1.165) is 57.6 Å². The van der Waals surface area contributed by atoms with Crippen molar-refractivity contribution in [3.63, 3.8) is 0 Å². The highest BCUT2D eigenvalue weighted by molar-refractivity contribution is 5.72. The number of piperazine rings is 2. The number of benzene rings is 1. The van der Waals surface area contributed by atoms with Crippen LogP contribution in [0.5, 0.6) is 0 Å². The maximum absolute atomic E-state index is 9.07. The van der Waals surface area contributed by atoms with Gasteiger partial charge in [-0.2, -0.15) is 10.5 Å². The third-order valence-corrected chi connectivity index (χ3v) is 5.26. The highest BCUT2D eigenvalue weighted by Gasteiger charge is 2.23. The second kappa shape index (κ2) is 8.23. The summed E-state index contributed by atoms with van der Waals surface area (Å²) in [5.41, 5.74) is 0.164. The molecular formula is C20H26N6. The van der Waals surface area contributed by atoms with Crippen LogP contribution in [0.2, 0.25) is 0 Å². The van der Waals surface area contributed by atoms with Crippen LogP contribution >= 0.6 is 0 Å². The van der Waals surface area contributed by atoms with Crippen molar-refractivity contribution in [1.29, 1.82) is 10.5 Å². The van der Waals surface area contributed by atoms with Crippen molar-refractivity contribution in [2.75, 3.05) is 66.5 Å². The molecule has 26 heavy (non-hydrogen) atoms. The molecule has 3 rings (SSSR count). The summed E-state index contributed by atoms with van der Waals surface area (Å²) in [4.78, 5) is 9.70. The fourth-order valence-corrected chi connectivity index (χ4v) is 3.54. The van der Waals surface area contributed by atoms with Gasteiger partial charge in [-0.3, -0.25) is 0 Å². The first-order valence-corrected chi connectivity index (χ1v) is 9.14. The lowest BCUT2D eigenvalue weighted by Gasteiger charge is -2.43. The van der Waals surface area contributed by atoms with Crippen LogP contribution in [0.25, 0.3) is 11.4 Å². The Balaban J connectivity index is 2.02. The number of hydrogen-bond acceptors (Lipinski definition) is 6. The van der Waals surface area contributed by atoms with Gasteiger partial charge in [-0.15, -0.1) is 0 Å². The second-order valence-corrected chi connectivity index (χ2v) is 7.08. The first kappa shape index (κ1) is 18.3. The first-order valence-electron chi connectivity index (χ1n) is 9.14. The molecule has 0 aliphatic carbocycles. The molecule has 0 bridgehead atoms. The molecule has 2 fully saturated rings. The fraction of sp³-hybridized carbons (Fsp3) is 0.500. The summed E-state index contributed by atoms with van der Waals surface area (Å²) in [6.07, 6.45) is 0. The van der Waals surface area contributed by atoms with E-state index in [9.17, 15) is 0 Å². The van der Waals surface area contributed by atoms with Crippen LogP contribution in [-0.2, 0) is 0 Å². The van der Waals surface area contributed by atoms with Gasteiger partial charge in [0.25, 0.3) is 0 Å². The Hall–Kier alpha value is -2.54. The molecule has 1 aromatic rings. The molecule has 1 aromatic carbocycles. The average Bonchev–Trinajstić information content (AvgIpc) is 2.67. The molecule has 2 aliphatic rings. The van der Waals surface area contributed by atoms with Crippen molar-refractivity contribution >= 4 is 11.4 Å². The molecule has 2 aliphatic heterocycles. The normalized spacial score (nSPS) is 18.9. The molecule has 0 radical (unpaired) electrons. The lowest BCUT2D eigenvalue weighted by atomic mass is 10.1. The van der Waals surface area contributed by atoms with E-state index in [-0.39, 0.29) is 5.57 Å². The van der Waals surface area contributed by atoms with Crippen molar-refractivity contribution in [3.05, 3.63) is 34.7 Å². The van der Waals surface area contributed by atoms with E-state index in [0.29, 0.717) is 5.22 Å². The van der Waals surface area contributed by atoms with Crippen LogP contribution in [0, 0.1) is 22.7 Å². The van der Waals surface area contributed by atoms with Gasteiger partial charge in [0.2, 0.25) is 0 Å². The van der Waals surface area contributed by atoms with Crippen LogP contribution in [0.15, 0.2) is 24.3 Å². The second-order valence-electron chi connectivity index (χ2n) is 7.08. The maximum Gasteiger partial charge on any atom is 0.136 e. The maximum atomic E-state index is 9.07. The van der Waals surface area contributed by atoms with E-state index in [1.807, 2.05) is 24.3 Å². The smallest absolute Gasteiger partial charge is 0.136 e. The average molecular weight is 350 g/mol. The third-order valence-electron chi connectivity index (χ3n) is 5.26. The van der Waals surface area contributed by atoms with Crippen molar-refractivity contribution in [2.45, 2.75) is 0 Å². The molecule has 2 heterocycles. The number of nitrogens with zero attached hydrogens (tertiary/aromatic N) is 6. The summed E-state index contributed by atoms with van der Waals surface area (Å²) in [5, 5.41) is 20.0. The van der Waals surface area contributed by atoms with Crippen LogP contribution < -0.4 is 10.4 Å². The largest absolute Gasteiger partial charge is 0.355 e. The Morgan fingerprint density at radius 2 is 1.08 bits per heavy atom. The van der Waals surface area contributed by atoms with Crippen LogP contribution in [0.1, 0.15) is 0 Å². The Bertz CT molecular complexity index is 767. The minimum atomic E-state index is 0.164. The van der Waals surface area contributed by atoms with E-state index < -0.39 is 0 Å². The number of rotatable bonds is 2. The summed E-state index contributed by atoms with van der Waals surface area (Å²) < 4.78 is 0. The van der Waals surface area contributed by atoms with Gasteiger partial charge in [0.1, 0.15) is 23.5 Å². The van der Waals surface area contributed by atoms with Crippen molar-refractivity contribution in [1.82, 2.24) is 19.6 Å². The molecule has 136 valence electrons. The van der Waals surface area contributed by atoms with Gasteiger partial charge >= 0.3 is 0 Å². The van der Waals surface area contributed by atoms with Gasteiger partial charge in [-0.1, -0.05) is 24.3 Å². The standard InChI is InChI=1S/C20H26N6/c1-23-7-11-25(12-8-23)20(26-13-9-24(2)10-14-26)18-5-3-17(4-6-18)19(15-21)16-22/h3-6H,7-14H2,1-2H3. The highest BCUT2D eigenvalue weighted by atomic mass is 15.4. The summed E-state index contributed by atoms with van der Waals surface area (Å²) in [6.45, 7) is 8.35. The Morgan fingerprint density at radius 1 is 0.692 bits per heavy atom. The van der Waals surface area contributed by atoms with Gasteiger partial charge in [0, 0.05) is 62.8 Å². The van der Waals surface area contributed by atoms with Crippen molar-refractivity contribution < 1.29 is 0 Å². The minimum absolute atomic E-state index is 0.164. The highest BCUT2D eigenvalue weighted by Crippen LogP contribution is 2.15. The zero-order chi connectivity index (χ0) is 18.5. The lowest BCUT2D eigenvalue weighted by molar-refractivity contribution is 0.147. The predicted octanol–water partition coefficient (Wildman–Crippen LogP) is -0.555. The zero-order valence-corrected chi connectivity index (χ0v) is 15.6. The quantitative estimate of drug-likeness (QED) is 0.713. The molecule has 0 unspecified atom stereocenters. The monoisotopic (exact) mass is 350 g/mol. The van der Waals surface area contributed by atoms with Gasteiger partial charge in [0.05, 0.1) is 0 Å². The van der Waals surface area contributed by atoms with Crippen LogP contribution in [-0.4, -0.2) is 86.1 Å². The summed E-state index contributed by atoms with van der Waals surface area (Å²) in [6, 6.07) is 11.8. The van der Waals surface area contributed by atoms with E-state index in [1.165, 1.54) is 5.82 Å². The van der Waals surface area contributed by atoms with Gasteiger partial charge in [0.15, 0.2) is 0 Å². The Labute approximate surface area is 155 Å². The number of hydrogen-bond donors (Lipinski definition) is 0.